The fourth-order valence-corrected chi connectivity index (χ4v) is 2.97. The van der Waals surface area contributed by atoms with Gasteiger partial charge in [0, 0.05) is 6.07 Å². The smallest absolute Gasteiger partial charge is 0.361 e. The molecule has 1 rings (SSSR count). The van der Waals surface area contributed by atoms with Crippen molar-refractivity contribution in [3.63, 3.8) is 0 Å². The first-order valence-corrected chi connectivity index (χ1v) is 10.2. The molecule has 0 unspecified atom stereocenters. The van der Waals surface area contributed by atoms with Crippen LogP contribution in [-0.4, -0.2) is 16.3 Å². The summed E-state index contributed by atoms with van der Waals surface area (Å²) in [6.07, 6.45) is 19.8. The Morgan fingerprint density at radius 3 is 1.76 bits per heavy atom. The summed E-state index contributed by atoms with van der Waals surface area (Å²) in [5.74, 6) is 0. The first-order chi connectivity index (χ1) is 12.2. The molecule has 0 bridgehead atoms. The molecule has 1 aromatic rings. The molecule has 5 heteroatoms. The van der Waals surface area contributed by atoms with Gasteiger partial charge in [-0.15, -0.1) is 4.73 Å². The van der Waals surface area contributed by atoms with Crippen LogP contribution in [0.15, 0.2) is 21.9 Å². The molecule has 0 spiro atoms. The zero-order chi connectivity index (χ0) is 18.2. The van der Waals surface area contributed by atoms with Crippen LogP contribution in [0.5, 0.6) is 0 Å². The maximum absolute atomic E-state index is 11.4. The molecular formula is C20H36N2O3. The highest BCUT2D eigenvalue weighted by molar-refractivity contribution is 4.80. The van der Waals surface area contributed by atoms with E-state index in [1.807, 2.05) is 0 Å². The molecule has 5 nitrogen and oxygen atoms in total. The van der Waals surface area contributed by atoms with Crippen LogP contribution in [0.4, 0.5) is 0 Å². The minimum absolute atomic E-state index is 0.402. The Hall–Kier alpha value is -1.52. The van der Waals surface area contributed by atoms with E-state index in [-0.39, 0.29) is 0 Å². The summed E-state index contributed by atoms with van der Waals surface area (Å²) in [5, 5.41) is 0. The Morgan fingerprint density at radius 2 is 1.28 bits per heavy atom. The molecule has 0 saturated heterocycles. The molecule has 0 aliphatic heterocycles. The molecule has 0 fully saturated rings. The Kier molecular flexibility index (Phi) is 12.7. The van der Waals surface area contributed by atoms with Crippen molar-refractivity contribution in [1.82, 2.24) is 9.71 Å². The summed E-state index contributed by atoms with van der Waals surface area (Å²) in [6, 6.07) is 1.28. The molecule has 0 aliphatic rings. The van der Waals surface area contributed by atoms with Gasteiger partial charge in [-0.2, -0.15) is 0 Å². The fourth-order valence-electron chi connectivity index (χ4n) is 2.97. The summed E-state index contributed by atoms with van der Waals surface area (Å²) in [6.45, 7) is 2.77. The number of nitrogens with zero attached hydrogens (tertiary/aromatic N) is 1. The lowest BCUT2D eigenvalue weighted by atomic mass is 10.0. The summed E-state index contributed by atoms with van der Waals surface area (Å²) in [5.41, 5.74) is -0.917. The third-order valence-electron chi connectivity index (χ3n) is 4.52. The Labute approximate surface area is 151 Å². The number of unbranched alkanes of at least 4 members (excludes halogenated alkanes) is 13. The number of aromatic amines is 1. The molecule has 0 radical (unpaired) electrons. The van der Waals surface area contributed by atoms with Gasteiger partial charge in [0.25, 0.3) is 5.56 Å². The van der Waals surface area contributed by atoms with Crippen LogP contribution in [-0.2, 0) is 0 Å². The summed E-state index contributed by atoms with van der Waals surface area (Å²) < 4.78 is 1.09. The standard InChI is InChI=1S/C20H36N2O3/c1-2-3-4-5-6-7-8-9-10-11-12-13-14-15-18-25-22-17-16-19(23)21-20(22)24/h16-17H,2-15,18H2,1H3,(H,21,23,24). The average Bonchev–Trinajstić information content (AvgIpc) is 2.60. The van der Waals surface area contributed by atoms with Gasteiger partial charge in [-0.05, 0) is 12.8 Å². The molecule has 0 amide bonds. The quantitative estimate of drug-likeness (QED) is 0.447. The second-order valence-corrected chi connectivity index (χ2v) is 6.87. The first kappa shape index (κ1) is 21.5. The third-order valence-corrected chi connectivity index (χ3v) is 4.52. The van der Waals surface area contributed by atoms with Gasteiger partial charge >= 0.3 is 5.69 Å². The fraction of sp³-hybridized carbons (Fsp3) is 0.800. The number of nitrogens with one attached hydrogen (secondary N) is 1. The first-order valence-electron chi connectivity index (χ1n) is 10.2. The zero-order valence-electron chi connectivity index (χ0n) is 15.9. The van der Waals surface area contributed by atoms with Crippen LogP contribution in [0.2, 0.25) is 0 Å². The van der Waals surface area contributed by atoms with Gasteiger partial charge in [-0.25, -0.2) is 4.79 Å². The molecule has 0 aliphatic carbocycles. The minimum Gasteiger partial charge on any atom is -0.410 e. The number of aromatic nitrogens is 2. The SMILES string of the molecule is CCCCCCCCCCCCCCCCOn1ccc(=O)[nH]c1=O. The van der Waals surface area contributed by atoms with Gasteiger partial charge < -0.3 is 4.84 Å². The van der Waals surface area contributed by atoms with E-state index >= 15 is 0 Å². The number of H-pyrrole nitrogens is 1. The summed E-state index contributed by atoms with van der Waals surface area (Å²) >= 11 is 0. The highest BCUT2D eigenvalue weighted by atomic mass is 16.7. The highest BCUT2D eigenvalue weighted by Crippen LogP contribution is 2.12. The molecule has 1 aromatic heterocycles. The average molecular weight is 353 g/mol. The van der Waals surface area contributed by atoms with Crippen molar-refractivity contribution in [2.24, 2.45) is 0 Å². The van der Waals surface area contributed by atoms with Gasteiger partial charge in [-0.3, -0.25) is 9.78 Å². The molecule has 25 heavy (non-hydrogen) atoms. The number of rotatable bonds is 16. The second kappa shape index (κ2) is 14.8. The van der Waals surface area contributed by atoms with E-state index in [4.69, 9.17) is 4.84 Å². The van der Waals surface area contributed by atoms with Crippen LogP contribution in [0.3, 0.4) is 0 Å². The van der Waals surface area contributed by atoms with Gasteiger partial charge in [0.2, 0.25) is 0 Å². The molecular weight excluding hydrogens is 316 g/mol. The van der Waals surface area contributed by atoms with Crippen molar-refractivity contribution >= 4 is 0 Å². The van der Waals surface area contributed by atoms with Crippen LogP contribution >= 0.6 is 0 Å². The van der Waals surface area contributed by atoms with Gasteiger partial charge in [0.15, 0.2) is 0 Å². The molecule has 0 saturated carbocycles. The lowest BCUT2D eigenvalue weighted by Crippen LogP contribution is -2.33. The maximum Gasteiger partial charge on any atom is 0.361 e. The molecule has 1 heterocycles. The molecule has 0 aromatic carbocycles. The lowest BCUT2D eigenvalue weighted by molar-refractivity contribution is 0.0947. The van der Waals surface area contributed by atoms with Crippen LogP contribution < -0.4 is 16.1 Å². The predicted octanol–water partition coefficient (Wildman–Crippen LogP) is 4.45. The van der Waals surface area contributed by atoms with E-state index in [1.54, 1.807) is 0 Å². The number of hydrogen-bond donors (Lipinski definition) is 1. The Bertz CT molecular complexity index is 536. The topological polar surface area (TPSA) is 64.1 Å². The van der Waals surface area contributed by atoms with E-state index in [0.29, 0.717) is 6.61 Å². The zero-order valence-corrected chi connectivity index (χ0v) is 15.9. The maximum atomic E-state index is 11.4. The van der Waals surface area contributed by atoms with Crippen molar-refractivity contribution < 1.29 is 4.84 Å². The van der Waals surface area contributed by atoms with Crippen molar-refractivity contribution in [2.45, 2.75) is 96.8 Å². The molecule has 1 N–H and O–H groups in total. The van der Waals surface area contributed by atoms with E-state index in [9.17, 15) is 9.59 Å². The normalized spacial score (nSPS) is 10.9. The predicted molar refractivity (Wildman–Crippen MR) is 103 cm³/mol. The van der Waals surface area contributed by atoms with E-state index in [1.165, 1.54) is 89.3 Å². The highest BCUT2D eigenvalue weighted by Gasteiger charge is 1.97. The van der Waals surface area contributed by atoms with Crippen LogP contribution in [0.1, 0.15) is 96.8 Å². The largest absolute Gasteiger partial charge is 0.410 e. The van der Waals surface area contributed by atoms with Gasteiger partial charge in [-0.1, -0.05) is 84.0 Å². The van der Waals surface area contributed by atoms with Crippen molar-refractivity contribution in [1.29, 1.82) is 0 Å². The molecule has 0 atom stereocenters. The Morgan fingerprint density at radius 1 is 0.800 bits per heavy atom. The van der Waals surface area contributed by atoms with E-state index < -0.39 is 11.2 Å². The van der Waals surface area contributed by atoms with E-state index in [0.717, 1.165) is 17.6 Å². The molecule has 144 valence electrons. The van der Waals surface area contributed by atoms with Crippen molar-refractivity contribution in [3.8, 4) is 0 Å². The lowest BCUT2D eigenvalue weighted by Gasteiger charge is -2.07. The van der Waals surface area contributed by atoms with Crippen LogP contribution in [0.25, 0.3) is 0 Å². The summed E-state index contributed by atoms with van der Waals surface area (Å²) in [7, 11) is 0. The second-order valence-electron chi connectivity index (χ2n) is 6.87. The minimum atomic E-state index is -0.516. The van der Waals surface area contributed by atoms with Crippen molar-refractivity contribution in [2.75, 3.05) is 6.61 Å². The number of hydrogen-bond acceptors (Lipinski definition) is 3. The van der Waals surface area contributed by atoms with Crippen LogP contribution in [0, 0.1) is 0 Å². The summed E-state index contributed by atoms with van der Waals surface area (Å²) in [4.78, 5) is 29.8. The van der Waals surface area contributed by atoms with E-state index in [2.05, 4.69) is 11.9 Å². The third kappa shape index (κ3) is 11.6. The monoisotopic (exact) mass is 352 g/mol. The van der Waals surface area contributed by atoms with Gasteiger partial charge in [0.05, 0.1) is 6.20 Å². The van der Waals surface area contributed by atoms with Gasteiger partial charge in [0.1, 0.15) is 6.61 Å². The Balaban J connectivity index is 1.83. The van der Waals surface area contributed by atoms with Crippen molar-refractivity contribution in [3.05, 3.63) is 33.1 Å².